The molecule has 0 aliphatic carbocycles. The Balaban J connectivity index is 0.000000257. The summed E-state index contributed by atoms with van der Waals surface area (Å²) in [6, 6.07) is 20.2. The van der Waals surface area contributed by atoms with Gasteiger partial charge in [0, 0.05) is 30.9 Å². The first kappa shape index (κ1) is 26.9. The van der Waals surface area contributed by atoms with Crippen molar-refractivity contribution in [3.05, 3.63) is 95.8 Å². The first-order valence-electron chi connectivity index (χ1n) is 12.5. The molecule has 1 saturated heterocycles. The summed E-state index contributed by atoms with van der Waals surface area (Å²) in [5.74, 6) is -0.270. The molecular formula is C30H32N2O6. The lowest BCUT2D eigenvalue weighted by atomic mass is 9.95. The van der Waals surface area contributed by atoms with E-state index in [1.807, 2.05) is 24.5 Å². The standard InChI is InChI=1S/C23H26N2O2.C7H6O4/c26-11-12-27-22-6-1-3-18(14-22)16-25-10-8-19(17-25)13-20-4-2-5-21-15-24-9-7-23(20)21;8-4-1-2-6(9)5(3-4)7(10)11/h1-7,9,14-15,19,26H,8,10-13,16-17H2;1-3,8-9H,(H,10,11)/t19-;/m0./s1. The number of benzene rings is 3. The number of rotatable bonds is 8. The van der Waals surface area contributed by atoms with Crippen LogP contribution in [0.1, 0.15) is 27.9 Å². The number of carboxylic acids is 1. The van der Waals surface area contributed by atoms with Gasteiger partial charge < -0.3 is 25.2 Å². The Morgan fingerprint density at radius 3 is 2.68 bits per heavy atom. The summed E-state index contributed by atoms with van der Waals surface area (Å²) in [5.41, 5.74) is 2.40. The Kier molecular flexibility index (Phi) is 9.13. The normalized spacial score (nSPS) is 15.1. The molecule has 0 bridgehead atoms. The molecule has 2 heterocycles. The quantitative estimate of drug-likeness (QED) is 0.253. The number of carbonyl (C=O) groups is 1. The molecule has 1 atom stereocenters. The number of carboxylic acid groups (broad SMARTS) is 1. The fourth-order valence-electron chi connectivity index (χ4n) is 4.75. The maximum Gasteiger partial charge on any atom is 0.339 e. The van der Waals surface area contributed by atoms with Gasteiger partial charge in [-0.2, -0.15) is 0 Å². The van der Waals surface area contributed by atoms with Crippen LogP contribution < -0.4 is 4.74 Å². The van der Waals surface area contributed by atoms with Crippen LogP contribution >= 0.6 is 0 Å². The highest BCUT2D eigenvalue weighted by Crippen LogP contribution is 2.27. The lowest BCUT2D eigenvalue weighted by Crippen LogP contribution is -2.20. The number of aromatic carboxylic acids is 1. The van der Waals surface area contributed by atoms with Gasteiger partial charge in [0.1, 0.15) is 29.4 Å². The molecule has 3 aromatic carbocycles. The summed E-state index contributed by atoms with van der Waals surface area (Å²) in [5, 5.41) is 37.6. The molecule has 38 heavy (non-hydrogen) atoms. The fraction of sp³-hybridized carbons (Fsp3) is 0.267. The summed E-state index contributed by atoms with van der Waals surface area (Å²) >= 11 is 0. The van der Waals surface area contributed by atoms with Gasteiger partial charge in [-0.05, 0) is 78.2 Å². The molecule has 0 spiro atoms. The highest BCUT2D eigenvalue weighted by molar-refractivity contribution is 5.91. The highest BCUT2D eigenvalue weighted by atomic mass is 16.5. The SMILES string of the molecule is O=C(O)c1cc(O)ccc1O.OCCOc1cccc(CN2CC[C@@H](Cc3cccc4cnccc34)C2)c1. The van der Waals surface area contributed by atoms with Crippen LogP contribution in [0.15, 0.2) is 79.1 Å². The van der Waals surface area contributed by atoms with Crippen molar-refractivity contribution in [3.63, 3.8) is 0 Å². The molecule has 4 N–H and O–H groups in total. The summed E-state index contributed by atoms with van der Waals surface area (Å²) < 4.78 is 5.53. The Morgan fingerprint density at radius 2 is 1.89 bits per heavy atom. The summed E-state index contributed by atoms with van der Waals surface area (Å²) in [6.07, 6.45) is 6.20. The summed E-state index contributed by atoms with van der Waals surface area (Å²) in [6.45, 7) is 3.60. The van der Waals surface area contributed by atoms with E-state index in [9.17, 15) is 4.79 Å². The molecule has 4 aromatic rings. The minimum Gasteiger partial charge on any atom is -0.508 e. The molecule has 1 aromatic heterocycles. The van der Waals surface area contributed by atoms with Gasteiger partial charge in [0.2, 0.25) is 0 Å². The van der Waals surface area contributed by atoms with E-state index in [0.29, 0.717) is 12.5 Å². The van der Waals surface area contributed by atoms with Crippen LogP contribution in [-0.2, 0) is 13.0 Å². The van der Waals surface area contributed by atoms with Crippen molar-refractivity contribution in [1.82, 2.24) is 9.88 Å². The van der Waals surface area contributed by atoms with E-state index in [-0.39, 0.29) is 23.7 Å². The predicted octanol–water partition coefficient (Wildman–Crippen LogP) is 4.47. The number of likely N-dealkylation sites (tertiary alicyclic amines) is 1. The minimum atomic E-state index is -1.27. The molecule has 8 nitrogen and oxygen atoms in total. The van der Waals surface area contributed by atoms with E-state index in [4.69, 9.17) is 25.2 Å². The molecular weight excluding hydrogens is 484 g/mol. The Morgan fingerprint density at radius 1 is 1.05 bits per heavy atom. The van der Waals surface area contributed by atoms with Gasteiger partial charge in [-0.1, -0.05) is 30.3 Å². The van der Waals surface area contributed by atoms with Gasteiger partial charge in [-0.3, -0.25) is 9.88 Å². The van der Waals surface area contributed by atoms with E-state index in [1.54, 1.807) is 0 Å². The van der Waals surface area contributed by atoms with Crippen molar-refractivity contribution in [2.24, 2.45) is 5.92 Å². The zero-order valence-electron chi connectivity index (χ0n) is 21.0. The number of aromatic nitrogens is 1. The van der Waals surface area contributed by atoms with Crippen LogP contribution in [0, 0.1) is 5.92 Å². The van der Waals surface area contributed by atoms with E-state index >= 15 is 0 Å². The zero-order chi connectivity index (χ0) is 26.9. The van der Waals surface area contributed by atoms with Gasteiger partial charge in [0.05, 0.1) is 6.61 Å². The van der Waals surface area contributed by atoms with E-state index in [1.165, 1.54) is 34.4 Å². The topological polar surface area (TPSA) is 123 Å². The number of phenols is 2. The minimum absolute atomic E-state index is 0.0439. The van der Waals surface area contributed by atoms with E-state index in [0.717, 1.165) is 43.9 Å². The number of hydrogen-bond acceptors (Lipinski definition) is 7. The van der Waals surface area contributed by atoms with Crippen molar-refractivity contribution >= 4 is 16.7 Å². The van der Waals surface area contributed by atoms with Crippen molar-refractivity contribution < 1.29 is 30.0 Å². The third-order valence-corrected chi connectivity index (χ3v) is 6.52. The number of nitrogens with zero attached hydrogens (tertiary/aromatic N) is 2. The third-order valence-electron chi connectivity index (χ3n) is 6.52. The molecule has 1 aliphatic heterocycles. The van der Waals surface area contributed by atoms with Crippen LogP contribution in [-0.4, -0.2) is 62.6 Å². The highest BCUT2D eigenvalue weighted by Gasteiger charge is 2.23. The monoisotopic (exact) mass is 516 g/mol. The van der Waals surface area contributed by atoms with Crippen molar-refractivity contribution in [2.45, 2.75) is 19.4 Å². The van der Waals surface area contributed by atoms with E-state index in [2.05, 4.69) is 46.3 Å². The molecule has 5 rings (SSSR count). The number of phenolic OH excluding ortho intramolecular Hbond substituents is 1. The molecule has 0 amide bonds. The Bertz CT molecular complexity index is 1370. The number of aliphatic hydroxyl groups is 1. The van der Waals surface area contributed by atoms with Gasteiger partial charge in [0.25, 0.3) is 0 Å². The average Bonchev–Trinajstić information content (AvgIpc) is 3.36. The second-order valence-corrected chi connectivity index (χ2v) is 9.33. The first-order chi connectivity index (χ1) is 18.4. The number of ether oxygens (including phenoxy) is 1. The van der Waals surface area contributed by atoms with Gasteiger partial charge in [-0.25, -0.2) is 4.79 Å². The first-order valence-corrected chi connectivity index (χ1v) is 12.5. The van der Waals surface area contributed by atoms with Crippen molar-refractivity contribution in [2.75, 3.05) is 26.3 Å². The van der Waals surface area contributed by atoms with Crippen LogP contribution in [0.4, 0.5) is 0 Å². The molecule has 198 valence electrons. The van der Waals surface area contributed by atoms with Crippen LogP contribution in [0.3, 0.4) is 0 Å². The average molecular weight is 517 g/mol. The molecule has 1 aliphatic rings. The summed E-state index contributed by atoms with van der Waals surface area (Å²) in [4.78, 5) is 17.1. The smallest absolute Gasteiger partial charge is 0.339 e. The fourth-order valence-corrected chi connectivity index (χ4v) is 4.75. The molecule has 0 saturated carbocycles. The maximum absolute atomic E-state index is 10.3. The predicted molar refractivity (Wildman–Crippen MR) is 145 cm³/mol. The van der Waals surface area contributed by atoms with Crippen molar-refractivity contribution in [1.29, 1.82) is 0 Å². The largest absolute Gasteiger partial charge is 0.508 e. The van der Waals surface area contributed by atoms with Gasteiger partial charge in [-0.15, -0.1) is 0 Å². The van der Waals surface area contributed by atoms with Crippen molar-refractivity contribution in [3.8, 4) is 17.2 Å². The number of fused-ring (bicyclic) bond motifs is 1. The number of aromatic hydroxyl groups is 2. The Hall–Kier alpha value is -4.14. The lowest BCUT2D eigenvalue weighted by molar-refractivity contribution is 0.0693. The second-order valence-electron chi connectivity index (χ2n) is 9.33. The molecule has 1 fully saturated rings. The van der Waals surface area contributed by atoms with Crippen LogP contribution in [0.5, 0.6) is 17.2 Å². The maximum atomic E-state index is 10.3. The lowest BCUT2D eigenvalue weighted by Gasteiger charge is -2.17. The number of pyridine rings is 1. The van der Waals surface area contributed by atoms with Crippen LogP contribution in [0.2, 0.25) is 0 Å². The Labute approximate surface area is 221 Å². The third kappa shape index (κ3) is 7.21. The number of hydrogen-bond donors (Lipinski definition) is 4. The molecule has 8 heteroatoms. The summed E-state index contributed by atoms with van der Waals surface area (Å²) in [7, 11) is 0. The second kappa shape index (κ2) is 12.9. The number of aliphatic hydroxyl groups excluding tert-OH is 1. The van der Waals surface area contributed by atoms with E-state index < -0.39 is 5.97 Å². The van der Waals surface area contributed by atoms with Gasteiger partial charge in [0.15, 0.2) is 0 Å². The molecule has 0 radical (unpaired) electrons. The zero-order valence-corrected chi connectivity index (χ0v) is 21.0. The molecule has 0 unspecified atom stereocenters. The van der Waals surface area contributed by atoms with Crippen LogP contribution in [0.25, 0.3) is 10.8 Å². The van der Waals surface area contributed by atoms with Gasteiger partial charge >= 0.3 is 5.97 Å².